The van der Waals surface area contributed by atoms with Gasteiger partial charge in [0.05, 0.1) is 31.0 Å². The van der Waals surface area contributed by atoms with E-state index in [1.807, 2.05) is 18.2 Å². The van der Waals surface area contributed by atoms with Gasteiger partial charge in [-0.2, -0.15) is 0 Å². The lowest BCUT2D eigenvalue weighted by Gasteiger charge is -2.07. The van der Waals surface area contributed by atoms with Crippen LogP contribution in [0.15, 0.2) is 30.3 Å². The maximum atomic E-state index is 11.9. The number of carbonyl (C=O) groups is 1. The van der Waals surface area contributed by atoms with Crippen molar-refractivity contribution in [3.05, 3.63) is 36.0 Å². The highest BCUT2D eigenvalue weighted by Gasteiger charge is 2.08. The largest absolute Gasteiger partial charge is 0.397 e. The van der Waals surface area contributed by atoms with Crippen molar-refractivity contribution in [2.75, 3.05) is 32.1 Å². The minimum absolute atomic E-state index is 0.0283. The van der Waals surface area contributed by atoms with E-state index in [1.54, 1.807) is 12.1 Å². The van der Waals surface area contributed by atoms with Crippen LogP contribution >= 0.6 is 0 Å². The number of aliphatic hydroxyl groups excluding tert-OH is 1. The molecule has 0 atom stereocenters. The van der Waals surface area contributed by atoms with Gasteiger partial charge in [-0.15, -0.1) is 0 Å². The van der Waals surface area contributed by atoms with E-state index in [4.69, 9.17) is 15.6 Å². The Morgan fingerprint density at radius 3 is 2.95 bits per heavy atom. The van der Waals surface area contributed by atoms with E-state index in [9.17, 15) is 4.79 Å². The maximum Gasteiger partial charge on any atom is 0.269 e. The van der Waals surface area contributed by atoms with Crippen LogP contribution in [0.4, 0.5) is 5.69 Å². The molecule has 1 aromatic heterocycles. The number of rotatable bonds is 6. The summed E-state index contributed by atoms with van der Waals surface area (Å²) >= 11 is 0. The second-order valence-corrected chi connectivity index (χ2v) is 4.21. The molecule has 0 bridgehead atoms. The van der Waals surface area contributed by atoms with Gasteiger partial charge in [-0.1, -0.05) is 18.2 Å². The smallest absolute Gasteiger partial charge is 0.269 e. The molecular weight excluding hydrogens is 258 g/mol. The van der Waals surface area contributed by atoms with Gasteiger partial charge in [-0.25, -0.2) is 4.98 Å². The SMILES string of the molecule is Nc1cccc2ccc(C(=O)NCCOCCO)nc12. The highest BCUT2D eigenvalue weighted by atomic mass is 16.5. The van der Waals surface area contributed by atoms with Crippen molar-refractivity contribution in [3.8, 4) is 0 Å². The molecule has 0 fully saturated rings. The molecule has 2 aromatic rings. The molecule has 1 aromatic carbocycles. The molecule has 1 heterocycles. The standard InChI is InChI=1S/C14H17N3O3/c15-11-3-1-2-10-4-5-12(17-13(10)11)14(19)16-6-8-20-9-7-18/h1-5,18H,6-9,15H2,(H,16,19). The third-order valence-corrected chi connectivity index (χ3v) is 2.75. The lowest BCUT2D eigenvalue weighted by molar-refractivity contribution is 0.0835. The molecule has 0 spiro atoms. The normalized spacial score (nSPS) is 10.7. The predicted octanol–water partition coefficient (Wildman–Crippen LogP) is 0.556. The van der Waals surface area contributed by atoms with Crippen molar-refractivity contribution in [1.29, 1.82) is 0 Å². The van der Waals surface area contributed by atoms with Gasteiger partial charge in [-0.05, 0) is 12.1 Å². The molecule has 0 saturated heterocycles. The Labute approximate surface area is 116 Å². The van der Waals surface area contributed by atoms with Crippen molar-refractivity contribution >= 4 is 22.5 Å². The third kappa shape index (κ3) is 3.43. The zero-order chi connectivity index (χ0) is 14.4. The van der Waals surface area contributed by atoms with E-state index < -0.39 is 0 Å². The molecule has 106 valence electrons. The summed E-state index contributed by atoms with van der Waals surface area (Å²) in [6.07, 6.45) is 0. The number of para-hydroxylation sites is 1. The van der Waals surface area contributed by atoms with Gasteiger partial charge >= 0.3 is 0 Å². The highest BCUT2D eigenvalue weighted by Crippen LogP contribution is 2.18. The molecule has 0 unspecified atom stereocenters. The van der Waals surface area contributed by atoms with Crippen LogP contribution in [0.3, 0.4) is 0 Å². The number of pyridine rings is 1. The quantitative estimate of drug-likeness (QED) is 0.528. The first-order chi connectivity index (χ1) is 9.72. The molecular formula is C14H17N3O3. The molecule has 2 rings (SSSR count). The van der Waals surface area contributed by atoms with E-state index in [-0.39, 0.29) is 19.1 Å². The predicted molar refractivity (Wildman–Crippen MR) is 76.4 cm³/mol. The van der Waals surface area contributed by atoms with E-state index in [2.05, 4.69) is 10.3 Å². The van der Waals surface area contributed by atoms with Crippen LogP contribution in [-0.4, -0.2) is 42.4 Å². The molecule has 0 aliphatic carbocycles. The van der Waals surface area contributed by atoms with E-state index in [1.165, 1.54) is 0 Å². The minimum Gasteiger partial charge on any atom is -0.397 e. The summed E-state index contributed by atoms with van der Waals surface area (Å²) in [6, 6.07) is 8.96. The van der Waals surface area contributed by atoms with Crippen LogP contribution in [0.5, 0.6) is 0 Å². The van der Waals surface area contributed by atoms with Gasteiger partial charge in [0.1, 0.15) is 5.69 Å². The molecule has 6 nitrogen and oxygen atoms in total. The number of nitrogens with zero attached hydrogens (tertiary/aromatic N) is 1. The fourth-order valence-corrected chi connectivity index (χ4v) is 1.79. The second kappa shape index (κ2) is 6.83. The molecule has 1 amide bonds. The first-order valence-electron chi connectivity index (χ1n) is 6.34. The average Bonchev–Trinajstić information content (AvgIpc) is 2.47. The summed E-state index contributed by atoms with van der Waals surface area (Å²) in [6.45, 7) is 0.949. The summed E-state index contributed by atoms with van der Waals surface area (Å²) in [4.78, 5) is 16.2. The Hall–Kier alpha value is -2.18. The Bertz CT molecular complexity index is 601. The van der Waals surface area contributed by atoms with Gasteiger partial charge in [0, 0.05) is 11.9 Å². The molecule has 0 saturated carbocycles. The summed E-state index contributed by atoms with van der Waals surface area (Å²) in [5.41, 5.74) is 7.33. The molecule has 6 heteroatoms. The number of aliphatic hydroxyl groups is 1. The van der Waals surface area contributed by atoms with Gasteiger partial charge in [0.25, 0.3) is 5.91 Å². The van der Waals surface area contributed by atoms with Crippen LogP contribution in [0, 0.1) is 0 Å². The molecule has 0 radical (unpaired) electrons. The summed E-state index contributed by atoms with van der Waals surface area (Å²) < 4.78 is 5.05. The lowest BCUT2D eigenvalue weighted by Crippen LogP contribution is -2.28. The zero-order valence-corrected chi connectivity index (χ0v) is 11.0. The number of carbonyl (C=O) groups excluding carboxylic acids is 1. The number of nitrogen functional groups attached to an aromatic ring is 1. The van der Waals surface area contributed by atoms with Gasteiger partial charge < -0.3 is 20.9 Å². The molecule has 20 heavy (non-hydrogen) atoms. The number of nitrogens with two attached hydrogens (primary N) is 1. The lowest BCUT2D eigenvalue weighted by atomic mass is 10.1. The summed E-state index contributed by atoms with van der Waals surface area (Å²) in [5.74, 6) is -0.275. The van der Waals surface area contributed by atoms with Gasteiger partial charge in [0.2, 0.25) is 0 Å². The number of nitrogens with one attached hydrogen (secondary N) is 1. The van der Waals surface area contributed by atoms with Crippen LogP contribution in [0.25, 0.3) is 10.9 Å². The van der Waals surface area contributed by atoms with Crippen LogP contribution in [0.2, 0.25) is 0 Å². The average molecular weight is 275 g/mol. The van der Waals surface area contributed by atoms with E-state index in [0.29, 0.717) is 30.0 Å². The Morgan fingerprint density at radius 1 is 1.30 bits per heavy atom. The zero-order valence-electron chi connectivity index (χ0n) is 11.0. The first-order valence-corrected chi connectivity index (χ1v) is 6.34. The van der Waals surface area contributed by atoms with Crippen LogP contribution in [-0.2, 0) is 4.74 Å². The topological polar surface area (TPSA) is 97.5 Å². The Morgan fingerprint density at radius 2 is 2.15 bits per heavy atom. The van der Waals surface area contributed by atoms with E-state index in [0.717, 1.165) is 5.39 Å². The molecule has 4 N–H and O–H groups in total. The third-order valence-electron chi connectivity index (χ3n) is 2.75. The van der Waals surface area contributed by atoms with Crippen molar-refractivity contribution < 1.29 is 14.6 Å². The van der Waals surface area contributed by atoms with Crippen molar-refractivity contribution in [3.63, 3.8) is 0 Å². The highest BCUT2D eigenvalue weighted by molar-refractivity contribution is 5.97. The summed E-state index contributed by atoms with van der Waals surface area (Å²) in [5, 5.41) is 12.1. The van der Waals surface area contributed by atoms with Crippen LogP contribution < -0.4 is 11.1 Å². The second-order valence-electron chi connectivity index (χ2n) is 4.21. The minimum atomic E-state index is -0.275. The fraction of sp³-hybridized carbons (Fsp3) is 0.286. The Balaban J connectivity index is 2.01. The van der Waals surface area contributed by atoms with Crippen molar-refractivity contribution in [1.82, 2.24) is 10.3 Å². The van der Waals surface area contributed by atoms with Crippen molar-refractivity contribution in [2.45, 2.75) is 0 Å². The van der Waals surface area contributed by atoms with Crippen molar-refractivity contribution in [2.24, 2.45) is 0 Å². The van der Waals surface area contributed by atoms with E-state index >= 15 is 0 Å². The number of amides is 1. The molecule has 0 aliphatic heterocycles. The monoisotopic (exact) mass is 275 g/mol. The number of hydrogen-bond donors (Lipinski definition) is 3. The van der Waals surface area contributed by atoms with Gasteiger partial charge in [0.15, 0.2) is 0 Å². The summed E-state index contributed by atoms with van der Waals surface area (Å²) in [7, 11) is 0. The first kappa shape index (κ1) is 14.2. The number of aromatic nitrogens is 1. The number of ether oxygens (including phenoxy) is 1. The maximum absolute atomic E-state index is 11.9. The number of fused-ring (bicyclic) bond motifs is 1. The van der Waals surface area contributed by atoms with Crippen LogP contribution in [0.1, 0.15) is 10.5 Å². The number of hydrogen-bond acceptors (Lipinski definition) is 5. The molecule has 0 aliphatic rings. The number of anilines is 1. The van der Waals surface area contributed by atoms with Gasteiger partial charge in [-0.3, -0.25) is 4.79 Å². The number of benzene rings is 1. The Kier molecular flexibility index (Phi) is 4.86. The fourth-order valence-electron chi connectivity index (χ4n) is 1.79.